The quantitative estimate of drug-likeness (QED) is 0.420. The predicted octanol–water partition coefficient (Wildman–Crippen LogP) is 3.22. The van der Waals surface area contributed by atoms with E-state index in [4.69, 9.17) is 14.3 Å². The maximum atomic E-state index is 12.0. The van der Waals surface area contributed by atoms with Crippen LogP contribution in [-0.2, 0) is 25.5 Å². The van der Waals surface area contributed by atoms with E-state index in [-0.39, 0.29) is 6.61 Å². The highest BCUT2D eigenvalue weighted by Crippen LogP contribution is 2.14. The Morgan fingerprint density at radius 1 is 1.26 bits per heavy atom. The normalized spacial score (nSPS) is 12.4. The van der Waals surface area contributed by atoms with Crippen LogP contribution in [0.5, 0.6) is 0 Å². The summed E-state index contributed by atoms with van der Waals surface area (Å²) in [4.78, 5) is 28.5. The Kier molecular flexibility index (Phi) is 7.77. The van der Waals surface area contributed by atoms with Crippen molar-refractivity contribution < 1.29 is 23.9 Å². The van der Waals surface area contributed by atoms with E-state index < -0.39 is 23.8 Å². The van der Waals surface area contributed by atoms with E-state index >= 15 is 0 Å². The van der Waals surface area contributed by atoms with E-state index in [0.717, 1.165) is 9.13 Å². The number of benzene rings is 1. The van der Waals surface area contributed by atoms with Gasteiger partial charge in [0.15, 0.2) is 0 Å². The molecular weight excluding hydrogens is 413 g/mol. The van der Waals surface area contributed by atoms with Crippen LogP contribution in [0.25, 0.3) is 0 Å². The van der Waals surface area contributed by atoms with Gasteiger partial charge >= 0.3 is 12.1 Å². The van der Waals surface area contributed by atoms with Gasteiger partial charge < -0.3 is 14.3 Å². The molecule has 1 N–H and O–H groups in total. The summed E-state index contributed by atoms with van der Waals surface area (Å²) in [6.45, 7) is 7.14. The van der Waals surface area contributed by atoms with E-state index in [1.54, 1.807) is 27.7 Å². The van der Waals surface area contributed by atoms with E-state index in [1.165, 1.54) is 0 Å². The number of hydrogen-bond acceptors (Lipinski definition) is 6. The second kappa shape index (κ2) is 9.07. The van der Waals surface area contributed by atoms with Crippen molar-refractivity contribution in [1.82, 2.24) is 5.48 Å². The molecular formula is C16H22INO5. The minimum absolute atomic E-state index is 0.245. The van der Waals surface area contributed by atoms with E-state index in [0.29, 0.717) is 6.42 Å². The zero-order valence-corrected chi connectivity index (χ0v) is 15.9. The summed E-state index contributed by atoms with van der Waals surface area (Å²) in [5.41, 5.74) is 2.73. The molecule has 1 rings (SSSR count). The van der Waals surface area contributed by atoms with Crippen molar-refractivity contribution in [3.63, 3.8) is 0 Å². The Morgan fingerprint density at radius 2 is 1.91 bits per heavy atom. The van der Waals surface area contributed by atoms with E-state index in [1.807, 2.05) is 24.3 Å². The summed E-state index contributed by atoms with van der Waals surface area (Å²) in [6, 6.07) is 6.83. The number of carbonyl (C=O) groups is 2. The highest BCUT2D eigenvalue weighted by Gasteiger charge is 2.25. The average Bonchev–Trinajstić information content (AvgIpc) is 2.43. The molecule has 1 atom stereocenters. The first-order chi connectivity index (χ1) is 10.7. The minimum atomic E-state index is -0.894. The van der Waals surface area contributed by atoms with Gasteiger partial charge in [0.1, 0.15) is 11.6 Å². The zero-order valence-electron chi connectivity index (χ0n) is 13.7. The van der Waals surface area contributed by atoms with Crippen LogP contribution in [0.4, 0.5) is 4.79 Å². The van der Waals surface area contributed by atoms with Crippen molar-refractivity contribution in [2.75, 3.05) is 6.61 Å². The van der Waals surface area contributed by atoms with Gasteiger partial charge in [-0.2, -0.15) is 0 Å². The fraction of sp³-hybridized carbons (Fsp3) is 0.500. The Hall–Kier alpha value is -1.35. The molecule has 0 aliphatic rings. The maximum Gasteiger partial charge on any atom is 0.528 e. The van der Waals surface area contributed by atoms with Gasteiger partial charge in [-0.05, 0) is 61.9 Å². The molecule has 1 aromatic rings. The minimum Gasteiger partial charge on any atom is -0.465 e. The first-order valence-corrected chi connectivity index (χ1v) is 8.36. The van der Waals surface area contributed by atoms with Crippen LogP contribution < -0.4 is 5.48 Å². The molecule has 128 valence electrons. The molecule has 7 heteroatoms. The molecule has 0 radical (unpaired) electrons. The summed E-state index contributed by atoms with van der Waals surface area (Å²) < 4.78 is 11.1. The lowest BCUT2D eigenvalue weighted by atomic mass is 10.1. The fourth-order valence-electron chi connectivity index (χ4n) is 1.69. The Bertz CT molecular complexity index is 542. The number of nitrogens with one attached hydrogen (secondary N) is 1. The average molecular weight is 435 g/mol. The van der Waals surface area contributed by atoms with Crippen molar-refractivity contribution in [2.24, 2.45) is 0 Å². The summed E-state index contributed by atoms with van der Waals surface area (Å²) in [5.74, 6) is -0.490. The smallest absolute Gasteiger partial charge is 0.465 e. The fourth-order valence-corrected chi connectivity index (χ4v) is 2.30. The van der Waals surface area contributed by atoms with Gasteiger partial charge in [0, 0.05) is 9.99 Å². The molecule has 6 nitrogen and oxygen atoms in total. The molecule has 0 bridgehead atoms. The van der Waals surface area contributed by atoms with Crippen molar-refractivity contribution in [3.8, 4) is 0 Å². The molecule has 0 unspecified atom stereocenters. The number of hydrogen-bond donors (Lipinski definition) is 1. The highest BCUT2D eigenvalue weighted by molar-refractivity contribution is 14.1. The predicted molar refractivity (Wildman–Crippen MR) is 93.7 cm³/mol. The third kappa shape index (κ3) is 7.65. The Labute approximate surface area is 150 Å². The van der Waals surface area contributed by atoms with Crippen LogP contribution in [0.3, 0.4) is 0 Å². The van der Waals surface area contributed by atoms with Gasteiger partial charge in [-0.1, -0.05) is 18.2 Å². The van der Waals surface area contributed by atoms with Crippen molar-refractivity contribution >= 4 is 34.7 Å². The van der Waals surface area contributed by atoms with Crippen molar-refractivity contribution in [1.29, 1.82) is 0 Å². The monoisotopic (exact) mass is 435 g/mol. The van der Waals surface area contributed by atoms with Crippen LogP contribution >= 0.6 is 22.6 Å². The van der Waals surface area contributed by atoms with E-state index in [9.17, 15) is 9.59 Å². The number of hydroxylamine groups is 1. The van der Waals surface area contributed by atoms with Crippen LogP contribution in [-0.4, -0.2) is 30.4 Å². The van der Waals surface area contributed by atoms with Crippen LogP contribution in [0.1, 0.15) is 33.3 Å². The van der Waals surface area contributed by atoms with Crippen molar-refractivity contribution in [3.05, 3.63) is 33.4 Å². The largest absolute Gasteiger partial charge is 0.528 e. The molecule has 1 aromatic carbocycles. The SMILES string of the molecule is CCOC(=O)[C@H](Cc1ccccc1I)NOC(=O)OC(C)(C)C. The molecule has 0 heterocycles. The zero-order chi connectivity index (χ0) is 17.5. The number of halogens is 1. The third-order valence-electron chi connectivity index (χ3n) is 2.63. The van der Waals surface area contributed by atoms with E-state index in [2.05, 4.69) is 28.1 Å². The second-order valence-electron chi connectivity index (χ2n) is 5.78. The molecule has 0 aliphatic carbocycles. The number of esters is 1. The molecule has 0 spiro atoms. The lowest BCUT2D eigenvalue weighted by Crippen LogP contribution is -2.42. The topological polar surface area (TPSA) is 73.9 Å². The first kappa shape index (κ1) is 19.7. The Balaban J connectivity index is 2.72. The van der Waals surface area contributed by atoms with Gasteiger partial charge in [-0.25, -0.2) is 4.79 Å². The standard InChI is InChI=1S/C16H22INO5/c1-5-21-14(19)13(10-11-8-6-7-9-12(11)17)18-23-15(20)22-16(2,3)4/h6-9,13,18H,5,10H2,1-4H3/t13-/m0/s1. The van der Waals surface area contributed by atoms with Crippen LogP contribution in [0.2, 0.25) is 0 Å². The van der Waals surface area contributed by atoms with Gasteiger partial charge in [0.05, 0.1) is 6.61 Å². The van der Waals surface area contributed by atoms with Gasteiger partial charge in [0.2, 0.25) is 0 Å². The lowest BCUT2D eigenvalue weighted by molar-refractivity contribution is -0.149. The molecule has 0 aliphatic heterocycles. The molecule has 0 saturated heterocycles. The lowest BCUT2D eigenvalue weighted by Gasteiger charge is -2.21. The third-order valence-corrected chi connectivity index (χ3v) is 3.68. The van der Waals surface area contributed by atoms with Crippen LogP contribution in [0, 0.1) is 3.57 Å². The Morgan fingerprint density at radius 3 is 2.48 bits per heavy atom. The summed E-state index contributed by atoms with van der Waals surface area (Å²) in [5, 5.41) is 0. The van der Waals surface area contributed by atoms with Gasteiger partial charge in [-0.3, -0.25) is 4.79 Å². The molecule has 0 amide bonds. The molecule has 0 aromatic heterocycles. The maximum absolute atomic E-state index is 12.0. The molecule has 0 saturated carbocycles. The summed E-state index contributed by atoms with van der Waals surface area (Å²) >= 11 is 2.19. The van der Waals surface area contributed by atoms with Gasteiger partial charge in [-0.15, -0.1) is 5.48 Å². The number of rotatable bonds is 6. The summed E-state index contributed by atoms with van der Waals surface area (Å²) in [6.07, 6.45) is -0.560. The number of ether oxygens (including phenoxy) is 2. The van der Waals surface area contributed by atoms with Crippen molar-refractivity contribution in [2.45, 2.75) is 45.8 Å². The molecule has 0 fully saturated rings. The number of carbonyl (C=O) groups excluding carboxylic acids is 2. The first-order valence-electron chi connectivity index (χ1n) is 7.28. The second-order valence-corrected chi connectivity index (χ2v) is 6.95. The summed E-state index contributed by atoms with van der Waals surface area (Å²) in [7, 11) is 0. The molecule has 23 heavy (non-hydrogen) atoms. The van der Waals surface area contributed by atoms with Gasteiger partial charge in [0.25, 0.3) is 0 Å². The highest BCUT2D eigenvalue weighted by atomic mass is 127. The van der Waals surface area contributed by atoms with Crippen LogP contribution in [0.15, 0.2) is 24.3 Å².